The monoisotopic (exact) mass is 507 g/mol. The molecule has 0 aliphatic carbocycles. The first-order valence-corrected chi connectivity index (χ1v) is 12.9. The van der Waals surface area contributed by atoms with Gasteiger partial charge in [-0.3, -0.25) is 9.69 Å². The van der Waals surface area contributed by atoms with Crippen LogP contribution in [-0.2, 0) is 13.1 Å². The number of nitrogens with zero attached hydrogens (tertiary/aromatic N) is 1. The van der Waals surface area contributed by atoms with Crippen LogP contribution in [0.5, 0.6) is 5.75 Å². The van der Waals surface area contributed by atoms with E-state index in [0.717, 1.165) is 37.2 Å². The van der Waals surface area contributed by atoms with Crippen LogP contribution in [0.4, 0.5) is 0 Å². The van der Waals surface area contributed by atoms with Crippen LogP contribution in [0.1, 0.15) is 59.2 Å². The normalized spacial score (nSPS) is 11.0. The summed E-state index contributed by atoms with van der Waals surface area (Å²) < 4.78 is 5.82. The molecule has 174 valence electrons. The molecule has 0 spiro atoms. The third-order valence-corrected chi connectivity index (χ3v) is 6.19. The molecule has 0 amide bonds. The van der Waals surface area contributed by atoms with Crippen molar-refractivity contribution in [3.05, 3.63) is 101 Å². The van der Waals surface area contributed by atoms with E-state index in [1.165, 1.54) is 36.8 Å². The molecule has 3 aromatic rings. The Kier molecular flexibility index (Phi) is 10.7. The number of halogens is 1. The van der Waals surface area contributed by atoms with Crippen LogP contribution in [0.25, 0.3) is 0 Å². The van der Waals surface area contributed by atoms with E-state index in [1.807, 2.05) is 54.6 Å². The maximum atomic E-state index is 12.9. The number of ether oxygens (including phenoxy) is 1. The summed E-state index contributed by atoms with van der Waals surface area (Å²) in [7, 11) is 2.11. The molecule has 0 heterocycles. The smallest absolute Gasteiger partial charge is 0.193 e. The van der Waals surface area contributed by atoms with E-state index in [4.69, 9.17) is 4.74 Å². The third kappa shape index (κ3) is 8.79. The van der Waals surface area contributed by atoms with Crippen molar-refractivity contribution < 1.29 is 9.53 Å². The van der Waals surface area contributed by atoms with E-state index in [9.17, 15) is 4.79 Å². The van der Waals surface area contributed by atoms with Crippen LogP contribution in [0, 0.1) is 0 Å². The summed E-state index contributed by atoms with van der Waals surface area (Å²) in [6.07, 6.45) is 6.03. The maximum absolute atomic E-state index is 12.9. The van der Waals surface area contributed by atoms with E-state index in [-0.39, 0.29) is 5.78 Å². The van der Waals surface area contributed by atoms with Gasteiger partial charge in [0.1, 0.15) is 5.75 Å². The second-order valence-corrected chi connectivity index (χ2v) is 9.31. The molecular weight excluding hydrogens is 474 g/mol. The second kappa shape index (κ2) is 14.0. The van der Waals surface area contributed by atoms with Crippen molar-refractivity contribution in [3.8, 4) is 5.75 Å². The fourth-order valence-electron chi connectivity index (χ4n) is 3.81. The van der Waals surface area contributed by atoms with Crippen molar-refractivity contribution in [2.75, 3.05) is 19.0 Å². The number of benzene rings is 3. The number of hydrogen-bond acceptors (Lipinski definition) is 3. The zero-order chi connectivity index (χ0) is 23.3. The fourth-order valence-corrected chi connectivity index (χ4v) is 4.21. The van der Waals surface area contributed by atoms with E-state index >= 15 is 0 Å². The minimum absolute atomic E-state index is 0.0394. The van der Waals surface area contributed by atoms with E-state index < -0.39 is 0 Å². The molecule has 0 saturated carbocycles. The van der Waals surface area contributed by atoms with Crippen LogP contribution in [0.15, 0.2) is 78.9 Å². The van der Waals surface area contributed by atoms with Gasteiger partial charge in [0.15, 0.2) is 5.78 Å². The van der Waals surface area contributed by atoms with Crippen LogP contribution >= 0.6 is 15.9 Å². The summed E-state index contributed by atoms with van der Waals surface area (Å²) >= 11 is 3.46. The number of carbonyl (C=O) groups excluding carboxylic acids is 1. The van der Waals surface area contributed by atoms with Crippen LogP contribution in [-0.4, -0.2) is 29.7 Å². The molecule has 4 heteroatoms. The molecule has 0 aliphatic rings. The van der Waals surface area contributed by atoms with Crippen molar-refractivity contribution >= 4 is 21.7 Å². The molecular formula is C29H34BrNO2. The van der Waals surface area contributed by atoms with Crippen molar-refractivity contribution in [2.24, 2.45) is 0 Å². The first-order valence-electron chi connectivity index (χ1n) is 11.8. The molecule has 3 rings (SSSR count). The predicted molar refractivity (Wildman–Crippen MR) is 140 cm³/mol. The average molecular weight is 509 g/mol. The number of alkyl halides is 1. The van der Waals surface area contributed by atoms with Gasteiger partial charge in [0.2, 0.25) is 0 Å². The lowest BCUT2D eigenvalue weighted by Crippen LogP contribution is -2.17. The Morgan fingerprint density at radius 3 is 1.91 bits per heavy atom. The first-order chi connectivity index (χ1) is 16.2. The van der Waals surface area contributed by atoms with Gasteiger partial charge >= 0.3 is 0 Å². The molecule has 3 nitrogen and oxygen atoms in total. The molecule has 0 aliphatic heterocycles. The van der Waals surface area contributed by atoms with Crippen molar-refractivity contribution in [1.29, 1.82) is 0 Å². The molecule has 0 N–H and O–H groups in total. The van der Waals surface area contributed by atoms with Gasteiger partial charge in [-0.05, 0) is 55.3 Å². The zero-order valence-corrected chi connectivity index (χ0v) is 21.1. The molecule has 0 fully saturated rings. The summed E-state index contributed by atoms with van der Waals surface area (Å²) in [6.45, 7) is 2.46. The summed E-state index contributed by atoms with van der Waals surface area (Å²) in [4.78, 5) is 15.1. The van der Waals surface area contributed by atoms with E-state index in [2.05, 4.69) is 52.1 Å². The highest BCUT2D eigenvalue weighted by atomic mass is 79.9. The summed E-state index contributed by atoms with van der Waals surface area (Å²) in [6, 6.07) is 25.9. The van der Waals surface area contributed by atoms with E-state index in [0.29, 0.717) is 11.1 Å². The fraction of sp³-hybridized carbons (Fsp3) is 0.345. The lowest BCUT2D eigenvalue weighted by Gasteiger charge is -2.17. The SMILES string of the molecule is CN(Cc1ccccc1)Cc1ccc(C(=O)c2ccc(OCCCCCCCBr)cc2)cc1. The molecule has 0 atom stereocenters. The highest BCUT2D eigenvalue weighted by molar-refractivity contribution is 9.09. The summed E-state index contributed by atoms with van der Waals surface area (Å²) in [5.74, 6) is 0.862. The molecule has 0 aromatic heterocycles. The maximum Gasteiger partial charge on any atom is 0.193 e. The van der Waals surface area contributed by atoms with Gasteiger partial charge in [-0.15, -0.1) is 0 Å². The minimum Gasteiger partial charge on any atom is -0.494 e. The largest absolute Gasteiger partial charge is 0.494 e. The van der Waals surface area contributed by atoms with Gasteiger partial charge in [-0.25, -0.2) is 0 Å². The number of hydrogen-bond donors (Lipinski definition) is 0. The molecule has 33 heavy (non-hydrogen) atoms. The third-order valence-electron chi connectivity index (χ3n) is 5.63. The molecule has 0 radical (unpaired) electrons. The van der Waals surface area contributed by atoms with Crippen LogP contribution in [0.3, 0.4) is 0 Å². The first kappa shape index (κ1) is 25.2. The number of ketones is 1. The quantitative estimate of drug-likeness (QED) is 0.130. The lowest BCUT2D eigenvalue weighted by atomic mass is 10.0. The molecule has 3 aromatic carbocycles. The Morgan fingerprint density at radius 2 is 1.27 bits per heavy atom. The van der Waals surface area contributed by atoms with E-state index in [1.54, 1.807) is 0 Å². The predicted octanol–water partition coefficient (Wildman–Crippen LogP) is 7.27. The number of unbranched alkanes of at least 4 members (excludes halogenated alkanes) is 4. The van der Waals surface area contributed by atoms with Crippen LogP contribution < -0.4 is 4.74 Å². The highest BCUT2D eigenvalue weighted by Crippen LogP contribution is 2.17. The molecule has 0 bridgehead atoms. The Bertz CT molecular complexity index is 955. The Labute approximate surface area is 206 Å². The van der Waals surface area contributed by atoms with Crippen LogP contribution in [0.2, 0.25) is 0 Å². The Morgan fingerprint density at radius 1 is 0.727 bits per heavy atom. The van der Waals surface area contributed by atoms with Gasteiger partial charge < -0.3 is 4.74 Å². The van der Waals surface area contributed by atoms with Gasteiger partial charge in [0.05, 0.1) is 6.61 Å². The zero-order valence-electron chi connectivity index (χ0n) is 19.5. The van der Waals surface area contributed by atoms with Crippen molar-refractivity contribution in [1.82, 2.24) is 4.90 Å². The highest BCUT2D eigenvalue weighted by Gasteiger charge is 2.10. The van der Waals surface area contributed by atoms with Gasteiger partial charge in [0, 0.05) is 29.5 Å². The van der Waals surface area contributed by atoms with Crippen molar-refractivity contribution in [3.63, 3.8) is 0 Å². The standard InChI is InChI=1S/C29H34BrNO2/c1-31(22-24-10-6-5-7-11-24)23-25-12-14-26(15-13-25)29(32)27-16-18-28(19-17-27)33-21-9-4-2-3-8-20-30/h5-7,10-19H,2-4,8-9,20-23H2,1H3. The Hall–Kier alpha value is -2.43. The molecule has 0 unspecified atom stereocenters. The molecule has 0 saturated heterocycles. The minimum atomic E-state index is 0.0394. The van der Waals surface area contributed by atoms with Gasteiger partial charge in [-0.1, -0.05) is 89.8 Å². The second-order valence-electron chi connectivity index (χ2n) is 8.51. The summed E-state index contributed by atoms with van der Waals surface area (Å²) in [5.41, 5.74) is 3.89. The van der Waals surface area contributed by atoms with Crippen molar-refractivity contribution in [2.45, 2.75) is 45.2 Å². The number of rotatable bonds is 14. The average Bonchev–Trinajstić information content (AvgIpc) is 2.84. The number of carbonyl (C=O) groups is 1. The topological polar surface area (TPSA) is 29.5 Å². The Balaban J connectivity index is 1.45. The lowest BCUT2D eigenvalue weighted by molar-refractivity contribution is 0.103. The van der Waals surface area contributed by atoms with Gasteiger partial charge in [0.25, 0.3) is 0 Å². The summed E-state index contributed by atoms with van der Waals surface area (Å²) in [5, 5.41) is 1.09. The van der Waals surface area contributed by atoms with Gasteiger partial charge in [-0.2, -0.15) is 0 Å².